The maximum absolute atomic E-state index is 12.4. The number of nitrogens with zero attached hydrogens (tertiary/aromatic N) is 2. The molecule has 1 aliphatic rings. The Morgan fingerprint density at radius 3 is 2.79 bits per heavy atom. The van der Waals surface area contributed by atoms with Gasteiger partial charge in [0.25, 0.3) is 5.91 Å². The Bertz CT molecular complexity index is 634. The van der Waals surface area contributed by atoms with Gasteiger partial charge in [-0.3, -0.25) is 9.69 Å². The molecule has 1 fully saturated rings. The molecular formula is C18H23N3O3. The zero-order valence-corrected chi connectivity index (χ0v) is 13.9. The van der Waals surface area contributed by atoms with Gasteiger partial charge in [0.05, 0.1) is 25.0 Å². The second-order valence-electron chi connectivity index (χ2n) is 5.93. The molecule has 6 heteroatoms. The van der Waals surface area contributed by atoms with Crippen molar-refractivity contribution in [2.24, 2.45) is 0 Å². The number of piperidine rings is 1. The number of furan rings is 1. The van der Waals surface area contributed by atoms with E-state index in [1.54, 1.807) is 25.5 Å². The number of hydrogen-bond acceptors (Lipinski definition) is 5. The van der Waals surface area contributed by atoms with Crippen LogP contribution in [0.4, 0.5) is 0 Å². The van der Waals surface area contributed by atoms with Gasteiger partial charge in [-0.2, -0.15) is 0 Å². The van der Waals surface area contributed by atoms with Gasteiger partial charge in [-0.25, -0.2) is 4.98 Å². The number of methoxy groups -OCH3 is 1. The van der Waals surface area contributed by atoms with Gasteiger partial charge in [0.1, 0.15) is 5.76 Å². The first-order valence-electron chi connectivity index (χ1n) is 8.33. The lowest BCUT2D eigenvalue weighted by Gasteiger charge is -2.33. The number of carbonyl (C=O) groups excluding carboxylic acids is 1. The summed E-state index contributed by atoms with van der Waals surface area (Å²) < 4.78 is 10.6. The Morgan fingerprint density at radius 1 is 1.33 bits per heavy atom. The average Bonchev–Trinajstić information content (AvgIpc) is 3.17. The third kappa shape index (κ3) is 3.94. The summed E-state index contributed by atoms with van der Waals surface area (Å²) >= 11 is 0. The highest BCUT2D eigenvalue weighted by Gasteiger charge is 2.25. The smallest absolute Gasteiger partial charge is 0.252 e. The van der Waals surface area contributed by atoms with E-state index in [0.29, 0.717) is 18.0 Å². The summed E-state index contributed by atoms with van der Waals surface area (Å²) in [6.07, 6.45) is 6.85. The number of hydrogen-bond donors (Lipinski definition) is 1. The molecule has 3 heterocycles. The predicted octanol–water partition coefficient (Wildman–Crippen LogP) is 2.64. The fourth-order valence-corrected chi connectivity index (χ4v) is 3.05. The first-order valence-corrected chi connectivity index (χ1v) is 8.33. The lowest BCUT2D eigenvalue weighted by Crippen LogP contribution is -2.40. The van der Waals surface area contributed by atoms with Crippen molar-refractivity contribution in [2.75, 3.05) is 26.7 Å². The van der Waals surface area contributed by atoms with Crippen molar-refractivity contribution in [3.05, 3.63) is 48.0 Å². The maximum Gasteiger partial charge on any atom is 0.252 e. The molecule has 6 nitrogen and oxygen atoms in total. The number of likely N-dealkylation sites (tertiary alicyclic amines) is 1. The summed E-state index contributed by atoms with van der Waals surface area (Å²) in [4.78, 5) is 18.8. The van der Waals surface area contributed by atoms with Gasteiger partial charge in [0.2, 0.25) is 5.88 Å². The van der Waals surface area contributed by atoms with Crippen molar-refractivity contribution < 1.29 is 13.9 Å². The number of pyridine rings is 1. The molecule has 3 rings (SSSR count). The third-order valence-electron chi connectivity index (χ3n) is 4.37. The van der Waals surface area contributed by atoms with Crippen LogP contribution in [-0.2, 0) is 0 Å². The zero-order valence-electron chi connectivity index (χ0n) is 13.9. The maximum atomic E-state index is 12.4. The predicted molar refractivity (Wildman–Crippen MR) is 90.0 cm³/mol. The summed E-state index contributed by atoms with van der Waals surface area (Å²) in [7, 11) is 1.55. The first kappa shape index (κ1) is 16.5. The number of rotatable bonds is 6. The minimum atomic E-state index is -0.140. The van der Waals surface area contributed by atoms with E-state index in [2.05, 4.69) is 15.2 Å². The van der Waals surface area contributed by atoms with Gasteiger partial charge >= 0.3 is 0 Å². The van der Waals surface area contributed by atoms with Crippen LogP contribution in [0.3, 0.4) is 0 Å². The second-order valence-corrected chi connectivity index (χ2v) is 5.93. The van der Waals surface area contributed by atoms with Gasteiger partial charge in [-0.15, -0.1) is 0 Å². The van der Waals surface area contributed by atoms with Crippen LogP contribution in [0.2, 0.25) is 0 Å². The normalized spacial score (nSPS) is 16.5. The number of ether oxygens (including phenoxy) is 1. The summed E-state index contributed by atoms with van der Waals surface area (Å²) in [6.45, 7) is 2.58. The lowest BCUT2D eigenvalue weighted by atomic mass is 10.1. The van der Waals surface area contributed by atoms with Crippen LogP contribution in [0.25, 0.3) is 0 Å². The number of nitrogens with one attached hydrogen (secondary N) is 1. The molecule has 1 amide bonds. The van der Waals surface area contributed by atoms with Crippen molar-refractivity contribution in [3.63, 3.8) is 0 Å². The van der Waals surface area contributed by atoms with Gasteiger partial charge in [0, 0.05) is 18.8 Å². The number of carbonyl (C=O) groups is 1. The third-order valence-corrected chi connectivity index (χ3v) is 4.37. The topological polar surface area (TPSA) is 67.6 Å². The van der Waals surface area contributed by atoms with Gasteiger partial charge in [-0.1, -0.05) is 6.42 Å². The van der Waals surface area contributed by atoms with E-state index in [-0.39, 0.29) is 11.9 Å². The molecule has 1 saturated heterocycles. The molecule has 128 valence electrons. The highest BCUT2D eigenvalue weighted by Crippen LogP contribution is 2.24. The summed E-state index contributed by atoms with van der Waals surface area (Å²) in [5.74, 6) is 1.25. The van der Waals surface area contributed by atoms with E-state index in [0.717, 1.165) is 18.8 Å². The lowest BCUT2D eigenvalue weighted by molar-refractivity contribution is 0.0913. The quantitative estimate of drug-likeness (QED) is 0.882. The van der Waals surface area contributed by atoms with E-state index in [1.165, 1.54) is 25.5 Å². The summed E-state index contributed by atoms with van der Waals surface area (Å²) in [6, 6.07) is 7.32. The fourth-order valence-electron chi connectivity index (χ4n) is 3.05. The summed E-state index contributed by atoms with van der Waals surface area (Å²) in [5.41, 5.74) is 0.521. The largest absolute Gasteiger partial charge is 0.481 e. The minimum Gasteiger partial charge on any atom is -0.481 e. The zero-order chi connectivity index (χ0) is 16.8. The Labute approximate surface area is 141 Å². The molecule has 1 aliphatic heterocycles. The SMILES string of the molecule is COc1ccc(C(=O)NCC(c2ccco2)N2CCCCC2)cn1. The Kier molecular flexibility index (Phi) is 5.48. The highest BCUT2D eigenvalue weighted by molar-refractivity contribution is 5.93. The van der Waals surface area contributed by atoms with Gasteiger partial charge in [-0.05, 0) is 44.1 Å². The second kappa shape index (κ2) is 7.97. The molecular weight excluding hydrogens is 306 g/mol. The molecule has 0 spiro atoms. The van der Waals surface area contributed by atoms with Crippen LogP contribution in [-0.4, -0.2) is 42.5 Å². The van der Waals surface area contributed by atoms with Crippen LogP contribution in [0.15, 0.2) is 41.1 Å². The highest BCUT2D eigenvalue weighted by atomic mass is 16.5. The van der Waals surface area contributed by atoms with E-state index in [4.69, 9.17) is 9.15 Å². The molecule has 0 aliphatic carbocycles. The summed E-state index contributed by atoms with van der Waals surface area (Å²) in [5, 5.41) is 3.00. The van der Waals surface area contributed by atoms with Crippen molar-refractivity contribution in [2.45, 2.75) is 25.3 Å². The molecule has 2 aromatic heterocycles. The van der Waals surface area contributed by atoms with Crippen LogP contribution in [0, 0.1) is 0 Å². The molecule has 1 unspecified atom stereocenters. The monoisotopic (exact) mass is 329 g/mol. The minimum absolute atomic E-state index is 0.0652. The van der Waals surface area contributed by atoms with E-state index in [9.17, 15) is 4.79 Å². The molecule has 0 bridgehead atoms. The van der Waals surface area contributed by atoms with Crippen molar-refractivity contribution in [1.29, 1.82) is 0 Å². The Hall–Kier alpha value is -2.34. The number of aromatic nitrogens is 1. The van der Waals surface area contributed by atoms with Crippen molar-refractivity contribution >= 4 is 5.91 Å². The molecule has 24 heavy (non-hydrogen) atoms. The number of amides is 1. The van der Waals surface area contributed by atoms with Crippen LogP contribution >= 0.6 is 0 Å². The van der Waals surface area contributed by atoms with E-state index in [1.807, 2.05) is 12.1 Å². The van der Waals surface area contributed by atoms with Crippen LogP contribution in [0.5, 0.6) is 5.88 Å². The molecule has 1 atom stereocenters. The van der Waals surface area contributed by atoms with Crippen molar-refractivity contribution in [3.8, 4) is 5.88 Å². The van der Waals surface area contributed by atoms with Crippen molar-refractivity contribution in [1.82, 2.24) is 15.2 Å². The van der Waals surface area contributed by atoms with Gasteiger partial charge in [0.15, 0.2) is 0 Å². The fraction of sp³-hybridized carbons (Fsp3) is 0.444. The Balaban J connectivity index is 1.65. The first-order chi connectivity index (χ1) is 11.8. The van der Waals surface area contributed by atoms with Gasteiger partial charge < -0.3 is 14.5 Å². The van der Waals surface area contributed by atoms with E-state index < -0.39 is 0 Å². The standard InChI is InChI=1S/C18H23N3O3/c1-23-17-8-7-14(12-19-17)18(22)20-13-15(16-6-5-11-24-16)21-9-3-2-4-10-21/h5-8,11-12,15H,2-4,9-10,13H2,1H3,(H,20,22). The Morgan fingerprint density at radius 2 is 2.17 bits per heavy atom. The molecule has 0 radical (unpaired) electrons. The average molecular weight is 329 g/mol. The van der Waals surface area contributed by atoms with Crippen LogP contribution < -0.4 is 10.1 Å². The molecule has 2 aromatic rings. The molecule has 0 saturated carbocycles. The molecule has 1 N–H and O–H groups in total. The van der Waals surface area contributed by atoms with E-state index >= 15 is 0 Å². The molecule has 0 aromatic carbocycles. The van der Waals surface area contributed by atoms with Crippen LogP contribution in [0.1, 0.15) is 41.4 Å².